The average Bonchev–Trinajstić information content (AvgIpc) is 3.37. The molecule has 3 heterocycles. The summed E-state index contributed by atoms with van der Waals surface area (Å²) in [6.07, 6.45) is 3.78. The summed E-state index contributed by atoms with van der Waals surface area (Å²) in [4.78, 5) is 13.0. The summed E-state index contributed by atoms with van der Waals surface area (Å²) in [6.45, 7) is 7.28. The highest BCUT2D eigenvalue weighted by Crippen LogP contribution is 2.37. The summed E-state index contributed by atoms with van der Waals surface area (Å²) in [5.74, 6) is 0. The molecule has 0 radical (unpaired) electrons. The Bertz CT molecular complexity index is 2310. The van der Waals surface area contributed by atoms with Crippen LogP contribution < -0.4 is 0 Å². The quantitative estimate of drug-likeness (QED) is 0.171. The third-order valence-corrected chi connectivity index (χ3v) is 7.87. The molecule has 4 nitrogen and oxygen atoms in total. The van der Waals surface area contributed by atoms with Crippen molar-refractivity contribution in [3.05, 3.63) is 145 Å². The van der Waals surface area contributed by atoms with Gasteiger partial charge in [0.1, 0.15) is 0 Å². The zero-order chi connectivity index (χ0) is 27.3. The molecular formula is C37H22N4. The van der Waals surface area contributed by atoms with E-state index < -0.39 is 0 Å². The lowest BCUT2D eigenvalue weighted by atomic mass is 10.0. The first-order valence-electron chi connectivity index (χ1n) is 13.5. The monoisotopic (exact) mass is 522 g/mol. The van der Waals surface area contributed by atoms with Crippen molar-refractivity contribution in [1.82, 2.24) is 14.5 Å². The van der Waals surface area contributed by atoms with Gasteiger partial charge in [0.05, 0.1) is 28.6 Å². The van der Waals surface area contributed by atoms with E-state index in [1.54, 1.807) is 0 Å². The number of para-hydroxylation sites is 1. The highest BCUT2D eigenvalue weighted by Gasteiger charge is 2.15. The fraction of sp³-hybridized carbons (Fsp3) is 0. The van der Waals surface area contributed by atoms with Crippen molar-refractivity contribution in [2.75, 3.05) is 0 Å². The van der Waals surface area contributed by atoms with E-state index in [2.05, 4.69) is 99.3 Å². The van der Waals surface area contributed by atoms with Crippen molar-refractivity contribution in [3.8, 4) is 27.9 Å². The SMILES string of the molecule is [C-]#[N+]c1ccc(-c2ccc3c4cc(-c5cnc6c(ccc7cccnc76)c5)ccc4n(-c4ccccc4)c3c2)cc1. The molecule has 5 aromatic carbocycles. The van der Waals surface area contributed by atoms with E-state index in [0.29, 0.717) is 5.69 Å². The maximum Gasteiger partial charge on any atom is 0.187 e. The Morgan fingerprint density at radius 3 is 2.15 bits per heavy atom. The van der Waals surface area contributed by atoms with Crippen LogP contribution in [0.5, 0.6) is 0 Å². The van der Waals surface area contributed by atoms with Crippen molar-refractivity contribution in [2.45, 2.75) is 0 Å². The smallest absolute Gasteiger partial charge is 0.187 e. The van der Waals surface area contributed by atoms with E-state index in [1.165, 1.54) is 10.8 Å². The molecule has 0 fully saturated rings. The average molecular weight is 523 g/mol. The lowest BCUT2D eigenvalue weighted by Gasteiger charge is -2.09. The van der Waals surface area contributed by atoms with Crippen LogP contribution in [0.3, 0.4) is 0 Å². The number of nitrogens with zero attached hydrogens (tertiary/aromatic N) is 4. The molecule has 0 saturated carbocycles. The van der Waals surface area contributed by atoms with Crippen LogP contribution in [0.15, 0.2) is 134 Å². The van der Waals surface area contributed by atoms with Gasteiger partial charge < -0.3 is 4.57 Å². The zero-order valence-electron chi connectivity index (χ0n) is 22.0. The Morgan fingerprint density at radius 1 is 0.537 bits per heavy atom. The van der Waals surface area contributed by atoms with Crippen LogP contribution in [-0.2, 0) is 0 Å². The van der Waals surface area contributed by atoms with Gasteiger partial charge in [-0.05, 0) is 59.2 Å². The predicted octanol–water partition coefficient (Wildman–Crippen LogP) is 9.76. The summed E-state index contributed by atoms with van der Waals surface area (Å²) in [6, 6.07) is 42.1. The van der Waals surface area contributed by atoms with E-state index in [1.807, 2.05) is 48.8 Å². The van der Waals surface area contributed by atoms with Crippen molar-refractivity contribution < 1.29 is 0 Å². The van der Waals surface area contributed by atoms with Crippen molar-refractivity contribution in [1.29, 1.82) is 0 Å². The second-order valence-electron chi connectivity index (χ2n) is 10.2. The highest BCUT2D eigenvalue weighted by atomic mass is 15.0. The number of aromatic nitrogens is 3. The molecule has 0 aliphatic rings. The molecule has 0 bridgehead atoms. The minimum absolute atomic E-state index is 0.647. The van der Waals surface area contributed by atoms with Crippen molar-refractivity contribution >= 4 is 49.3 Å². The largest absolute Gasteiger partial charge is 0.309 e. The van der Waals surface area contributed by atoms with Crippen LogP contribution >= 0.6 is 0 Å². The molecule has 3 aromatic heterocycles. The zero-order valence-corrected chi connectivity index (χ0v) is 22.0. The third-order valence-electron chi connectivity index (χ3n) is 7.87. The van der Waals surface area contributed by atoms with Gasteiger partial charge in [-0.1, -0.05) is 78.9 Å². The number of hydrogen-bond acceptors (Lipinski definition) is 2. The fourth-order valence-corrected chi connectivity index (χ4v) is 5.86. The van der Waals surface area contributed by atoms with Gasteiger partial charge in [-0.15, -0.1) is 0 Å². The molecule has 4 heteroatoms. The van der Waals surface area contributed by atoms with Crippen LogP contribution in [0.25, 0.3) is 76.4 Å². The summed E-state index contributed by atoms with van der Waals surface area (Å²) in [5, 5.41) is 4.55. The maximum absolute atomic E-state index is 7.28. The van der Waals surface area contributed by atoms with Gasteiger partial charge in [0.25, 0.3) is 0 Å². The molecule has 0 aliphatic carbocycles. The summed E-state index contributed by atoms with van der Waals surface area (Å²) >= 11 is 0. The second-order valence-corrected chi connectivity index (χ2v) is 10.2. The second kappa shape index (κ2) is 9.15. The van der Waals surface area contributed by atoms with Crippen LogP contribution in [0.2, 0.25) is 0 Å². The number of benzene rings is 5. The van der Waals surface area contributed by atoms with Gasteiger partial charge in [0.2, 0.25) is 0 Å². The molecule has 0 saturated heterocycles. The molecule has 0 amide bonds. The van der Waals surface area contributed by atoms with Gasteiger partial charge in [0.15, 0.2) is 5.69 Å². The topological polar surface area (TPSA) is 35.1 Å². The van der Waals surface area contributed by atoms with Gasteiger partial charge >= 0.3 is 0 Å². The van der Waals surface area contributed by atoms with Crippen LogP contribution in [0.4, 0.5) is 5.69 Å². The first-order chi connectivity index (χ1) is 20.3. The first-order valence-corrected chi connectivity index (χ1v) is 13.5. The normalized spacial score (nSPS) is 11.4. The molecule has 0 N–H and O–H groups in total. The lowest BCUT2D eigenvalue weighted by Crippen LogP contribution is -1.93. The van der Waals surface area contributed by atoms with Gasteiger partial charge in [-0.3, -0.25) is 9.97 Å². The Balaban J connectivity index is 1.33. The van der Waals surface area contributed by atoms with Gasteiger partial charge in [0, 0.05) is 45.2 Å². The third kappa shape index (κ3) is 3.76. The van der Waals surface area contributed by atoms with Crippen LogP contribution in [0.1, 0.15) is 0 Å². The molecule has 8 rings (SSSR count). The fourth-order valence-electron chi connectivity index (χ4n) is 5.86. The van der Waals surface area contributed by atoms with Gasteiger partial charge in [-0.25, -0.2) is 4.85 Å². The highest BCUT2D eigenvalue weighted by molar-refractivity contribution is 6.11. The van der Waals surface area contributed by atoms with E-state index in [0.717, 1.165) is 60.8 Å². The molecular weight excluding hydrogens is 500 g/mol. The minimum Gasteiger partial charge on any atom is -0.309 e. The van der Waals surface area contributed by atoms with Crippen molar-refractivity contribution in [3.63, 3.8) is 0 Å². The minimum atomic E-state index is 0.647. The molecule has 190 valence electrons. The Kier molecular flexibility index (Phi) is 5.16. The summed E-state index contributed by atoms with van der Waals surface area (Å²) in [5.41, 5.74) is 10.3. The van der Waals surface area contributed by atoms with E-state index in [-0.39, 0.29) is 0 Å². The van der Waals surface area contributed by atoms with E-state index in [4.69, 9.17) is 11.6 Å². The first kappa shape index (κ1) is 23.1. The predicted molar refractivity (Wildman–Crippen MR) is 169 cm³/mol. The molecule has 8 aromatic rings. The van der Waals surface area contributed by atoms with Crippen LogP contribution in [-0.4, -0.2) is 14.5 Å². The molecule has 0 atom stereocenters. The molecule has 0 unspecified atom stereocenters. The van der Waals surface area contributed by atoms with E-state index in [9.17, 15) is 0 Å². The molecule has 0 aliphatic heterocycles. The van der Waals surface area contributed by atoms with Crippen LogP contribution in [0, 0.1) is 6.57 Å². The molecule has 41 heavy (non-hydrogen) atoms. The Hall–Kier alpha value is -5.79. The maximum atomic E-state index is 7.28. The number of rotatable bonds is 3. The summed E-state index contributed by atoms with van der Waals surface area (Å²) < 4.78 is 2.34. The molecule has 0 spiro atoms. The van der Waals surface area contributed by atoms with E-state index >= 15 is 0 Å². The number of hydrogen-bond donors (Lipinski definition) is 0. The number of fused-ring (bicyclic) bond motifs is 6. The number of pyridine rings is 2. The lowest BCUT2D eigenvalue weighted by molar-refractivity contribution is 1.18. The Morgan fingerprint density at radius 2 is 1.29 bits per heavy atom. The standard InChI is InChI=1S/C37H22N4/c1-38-30-15-11-24(12-16-30)27-13-17-32-33-21-26(14-18-34(33)41(35(32)22-27)31-7-3-2-4-8-31)29-20-28-10-9-25-6-5-19-39-36(25)37(28)40-23-29/h2-23H. The van der Waals surface area contributed by atoms with Crippen molar-refractivity contribution in [2.24, 2.45) is 0 Å². The summed E-state index contributed by atoms with van der Waals surface area (Å²) in [7, 11) is 0. The van der Waals surface area contributed by atoms with Gasteiger partial charge in [-0.2, -0.15) is 0 Å². The Labute approximate surface area is 236 Å².